The third kappa shape index (κ3) is 4.58. The zero-order valence-electron chi connectivity index (χ0n) is 10.1. The Balaban J connectivity index is 2.71. The van der Waals surface area contributed by atoms with Crippen LogP contribution in [0.4, 0.5) is 0 Å². The van der Waals surface area contributed by atoms with Crippen molar-refractivity contribution in [1.82, 2.24) is 5.43 Å². The third-order valence-electron chi connectivity index (χ3n) is 2.18. The highest BCUT2D eigenvalue weighted by atomic mass is 16.6. The van der Waals surface area contributed by atoms with Gasteiger partial charge in [0.15, 0.2) is 0 Å². The lowest BCUT2D eigenvalue weighted by Gasteiger charge is -2.04. The van der Waals surface area contributed by atoms with Gasteiger partial charge in [-0.25, -0.2) is 5.43 Å². The average molecular weight is 263 g/mol. The maximum atomic E-state index is 11.0. The predicted octanol–water partition coefficient (Wildman–Crippen LogP) is 0.847. The first kappa shape index (κ1) is 14.4. The van der Waals surface area contributed by atoms with E-state index in [-0.39, 0.29) is 5.75 Å². The minimum absolute atomic E-state index is 0.0367. The zero-order valence-corrected chi connectivity index (χ0v) is 10.1. The van der Waals surface area contributed by atoms with Gasteiger partial charge < -0.3 is 5.11 Å². The predicted molar refractivity (Wildman–Crippen MR) is 69.6 cm³/mol. The number of nitrogens with zero attached hydrogens (tertiary/aromatic N) is 2. The van der Waals surface area contributed by atoms with Gasteiger partial charge in [0.2, 0.25) is 0 Å². The number of phenols is 1. The first-order valence-electron chi connectivity index (χ1n) is 5.40. The number of aromatic hydroxyl groups is 1. The van der Waals surface area contributed by atoms with Crippen molar-refractivity contribution in [2.24, 2.45) is 5.10 Å². The molecule has 100 valence electrons. The molecule has 7 heteroatoms. The lowest BCUT2D eigenvalue weighted by molar-refractivity contribution is -0.467. The minimum atomic E-state index is -0.847. The Morgan fingerprint density at radius 2 is 2.32 bits per heavy atom. The Bertz CT molecular complexity index is 526. The highest BCUT2D eigenvalue weighted by molar-refractivity contribution is 5.85. The molecular formula is C12H13N3O4. The SMILES string of the molecule is C=CCc1cccc(/C=N/NC(=O)C[N+](=O)[O-])c1O. The second-order valence-corrected chi connectivity index (χ2v) is 3.63. The number of nitrogens with one attached hydrogen (secondary N) is 1. The smallest absolute Gasteiger partial charge is 0.311 e. The van der Waals surface area contributed by atoms with Crippen molar-refractivity contribution in [3.8, 4) is 5.75 Å². The number of rotatable bonds is 6. The standard InChI is InChI=1S/C12H13N3O4/c1-2-4-9-5-3-6-10(12(9)17)7-13-14-11(16)8-15(18)19/h2-3,5-7,17H,1,4,8H2,(H,14,16)/b13-7+. The first-order valence-corrected chi connectivity index (χ1v) is 5.40. The largest absolute Gasteiger partial charge is 0.507 e. The molecule has 0 heterocycles. The van der Waals surface area contributed by atoms with E-state index in [9.17, 15) is 20.0 Å². The van der Waals surface area contributed by atoms with Gasteiger partial charge in [-0.2, -0.15) is 5.10 Å². The molecule has 1 aromatic rings. The second-order valence-electron chi connectivity index (χ2n) is 3.63. The number of hydrazone groups is 1. The number of phenolic OH excluding ortho intramolecular Hbond substituents is 1. The summed E-state index contributed by atoms with van der Waals surface area (Å²) in [6.45, 7) is 2.73. The molecule has 7 nitrogen and oxygen atoms in total. The number of carbonyl (C=O) groups is 1. The van der Waals surface area contributed by atoms with E-state index in [1.54, 1.807) is 24.3 Å². The number of benzene rings is 1. The topological polar surface area (TPSA) is 105 Å². The molecule has 0 fully saturated rings. The number of hydrogen-bond acceptors (Lipinski definition) is 5. The summed E-state index contributed by atoms with van der Waals surface area (Å²) in [7, 11) is 0. The van der Waals surface area contributed by atoms with Gasteiger partial charge in [-0.3, -0.25) is 14.9 Å². The maximum Gasteiger partial charge on any atom is 0.311 e. The van der Waals surface area contributed by atoms with E-state index in [2.05, 4.69) is 11.7 Å². The van der Waals surface area contributed by atoms with Crippen LogP contribution in [0.15, 0.2) is 36.0 Å². The molecule has 0 aliphatic carbocycles. The van der Waals surface area contributed by atoms with E-state index in [4.69, 9.17) is 0 Å². The normalized spacial score (nSPS) is 10.3. The summed E-state index contributed by atoms with van der Waals surface area (Å²) >= 11 is 0. The van der Waals surface area contributed by atoms with E-state index in [0.717, 1.165) is 0 Å². The molecule has 0 aliphatic rings. The third-order valence-corrected chi connectivity index (χ3v) is 2.18. The Hall–Kier alpha value is -2.70. The number of amides is 1. The van der Waals surface area contributed by atoms with Gasteiger partial charge in [0, 0.05) is 10.5 Å². The minimum Gasteiger partial charge on any atom is -0.507 e. The van der Waals surface area contributed by atoms with Gasteiger partial charge in [-0.15, -0.1) is 6.58 Å². The number of hydrogen-bond donors (Lipinski definition) is 2. The van der Waals surface area contributed by atoms with Crippen molar-refractivity contribution >= 4 is 12.1 Å². The summed E-state index contributed by atoms with van der Waals surface area (Å²) in [6.07, 6.45) is 3.37. The Morgan fingerprint density at radius 1 is 1.58 bits per heavy atom. The van der Waals surface area contributed by atoms with Crippen LogP contribution in [0.1, 0.15) is 11.1 Å². The van der Waals surface area contributed by atoms with Crippen LogP contribution in [-0.2, 0) is 11.2 Å². The van der Waals surface area contributed by atoms with E-state index in [0.29, 0.717) is 17.5 Å². The first-order chi connectivity index (χ1) is 9.04. The van der Waals surface area contributed by atoms with Crippen molar-refractivity contribution in [1.29, 1.82) is 0 Å². The van der Waals surface area contributed by atoms with E-state index < -0.39 is 17.4 Å². The summed E-state index contributed by atoms with van der Waals surface area (Å²) in [6, 6.07) is 5.06. The van der Waals surface area contributed by atoms with Crippen LogP contribution in [0.25, 0.3) is 0 Å². The number of allylic oxidation sites excluding steroid dienone is 1. The summed E-state index contributed by atoms with van der Waals surface area (Å²) < 4.78 is 0. The summed E-state index contributed by atoms with van der Waals surface area (Å²) in [5.74, 6) is -0.794. The van der Waals surface area contributed by atoms with Gasteiger partial charge in [0.25, 0.3) is 6.54 Å². The van der Waals surface area contributed by atoms with E-state index in [1.165, 1.54) is 6.21 Å². The molecule has 0 aliphatic heterocycles. The maximum absolute atomic E-state index is 11.0. The number of para-hydroxylation sites is 1. The molecule has 0 saturated heterocycles. The van der Waals surface area contributed by atoms with Crippen LogP contribution in [0.3, 0.4) is 0 Å². The molecule has 1 amide bonds. The van der Waals surface area contributed by atoms with Gasteiger partial charge in [0.05, 0.1) is 6.21 Å². The van der Waals surface area contributed by atoms with E-state index >= 15 is 0 Å². The monoisotopic (exact) mass is 263 g/mol. The highest BCUT2D eigenvalue weighted by Crippen LogP contribution is 2.21. The molecule has 2 N–H and O–H groups in total. The highest BCUT2D eigenvalue weighted by Gasteiger charge is 2.07. The molecular weight excluding hydrogens is 250 g/mol. The summed E-state index contributed by atoms with van der Waals surface area (Å²) in [5, 5.41) is 23.5. The molecule has 0 unspecified atom stereocenters. The number of nitro groups is 1. The Morgan fingerprint density at radius 3 is 2.95 bits per heavy atom. The second kappa shape index (κ2) is 6.90. The Kier molecular flexibility index (Phi) is 5.21. The van der Waals surface area contributed by atoms with Gasteiger partial charge in [-0.05, 0) is 18.1 Å². The van der Waals surface area contributed by atoms with Crippen LogP contribution < -0.4 is 5.43 Å². The molecule has 0 aromatic heterocycles. The van der Waals surface area contributed by atoms with Crippen molar-refractivity contribution in [2.75, 3.05) is 6.54 Å². The van der Waals surface area contributed by atoms with Crippen LogP contribution in [0.2, 0.25) is 0 Å². The zero-order chi connectivity index (χ0) is 14.3. The van der Waals surface area contributed by atoms with Gasteiger partial charge >= 0.3 is 5.91 Å². The molecule has 0 radical (unpaired) electrons. The molecule has 1 aromatic carbocycles. The molecule has 0 saturated carbocycles. The van der Waals surface area contributed by atoms with Crippen molar-refractivity contribution < 1.29 is 14.8 Å². The van der Waals surface area contributed by atoms with Crippen molar-refractivity contribution in [3.05, 3.63) is 52.1 Å². The molecule has 0 bridgehead atoms. The molecule has 0 spiro atoms. The van der Waals surface area contributed by atoms with Gasteiger partial charge in [0.1, 0.15) is 5.75 Å². The molecule has 1 rings (SSSR count). The lowest BCUT2D eigenvalue weighted by Crippen LogP contribution is -2.25. The molecule has 0 atom stereocenters. The van der Waals surface area contributed by atoms with Gasteiger partial charge in [-0.1, -0.05) is 18.2 Å². The quantitative estimate of drug-likeness (QED) is 0.343. The average Bonchev–Trinajstić information content (AvgIpc) is 2.33. The summed E-state index contributed by atoms with van der Waals surface area (Å²) in [5.41, 5.74) is 3.08. The van der Waals surface area contributed by atoms with Crippen molar-refractivity contribution in [2.45, 2.75) is 6.42 Å². The molecule has 19 heavy (non-hydrogen) atoms. The van der Waals surface area contributed by atoms with Crippen LogP contribution in [0, 0.1) is 10.1 Å². The lowest BCUT2D eigenvalue weighted by atomic mass is 10.1. The van der Waals surface area contributed by atoms with Crippen LogP contribution in [0.5, 0.6) is 5.75 Å². The van der Waals surface area contributed by atoms with Crippen LogP contribution in [-0.4, -0.2) is 28.7 Å². The summed E-state index contributed by atoms with van der Waals surface area (Å²) in [4.78, 5) is 20.3. The van der Waals surface area contributed by atoms with Crippen LogP contribution >= 0.6 is 0 Å². The fourth-order valence-electron chi connectivity index (χ4n) is 1.36. The van der Waals surface area contributed by atoms with E-state index in [1.807, 2.05) is 5.43 Å². The fourth-order valence-corrected chi connectivity index (χ4v) is 1.36. The number of carbonyl (C=O) groups excluding carboxylic acids is 1. The van der Waals surface area contributed by atoms with Crippen molar-refractivity contribution in [3.63, 3.8) is 0 Å². The fraction of sp³-hybridized carbons (Fsp3) is 0.167. The Labute approximate surface area is 109 Å².